The van der Waals surface area contributed by atoms with Gasteiger partial charge in [0.05, 0.1) is 18.0 Å². The van der Waals surface area contributed by atoms with Crippen LogP contribution >= 0.6 is 0 Å². The van der Waals surface area contributed by atoms with Crippen LogP contribution in [0.3, 0.4) is 0 Å². The normalized spacial score (nSPS) is 17.1. The van der Waals surface area contributed by atoms with E-state index in [1.165, 1.54) is 5.56 Å². The number of aryl methyl sites for hydroxylation is 1. The van der Waals surface area contributed by atoms with Crippen molar-refractivity contribution in [2.24, 2.45) is 0 Å². The molecule has 2 N–H and O–H groups in total. The zero-order valence-corrected chi connectivity index (χ0v) is 13.2. The van der Waals surface area contributed by atoms with Crippen LogP contribution in [-0.4, -0.2) is 44.6 Å². The van der Waals surface area contributed by atoms with Crippen LogP contribution in [0.1, 0.15) is 29.5 Å². The van der Waals surface area contributed by atoms with Gasteiger partial charge >= 0.3 is 0 Å². The largest absolute Gasteiger partial charge is 0.393 e. The van der Waals surface area contributed by atoms with E-state index in [9.17, 15) is 5.11 Å². The molecule has 0 radical (unpaired) electrons. The first-order valence-corrected chi connectivity index (χ1v) is 8.06. The van der Waals surface area contributed by atoms with Crippen LogP contribution in [0.25, 0.3) is 6.08 Å². The minimum atomic E-state index is -0.888. The third-order valence-corrected chi connectivity index (χ3v) is 4.10. The molecule has 122 valence electrons. The molecular weight excluding hydrogens is 290 g/mol. The molecule has 0 spiro atoms. The Labute approximate surface area is 136 Å². The molecule has 0 saturated heterocycles. The first-order valence-electron chi connectivity index (χ1n) is 8.06. The van der Waals surface area contributed by atoms with E-state index in [1.807, 2.05) is 28.9 Å². The number of nitrogens with zero attached hydrogens (tertiary/aromatic N) is 3. The number of hydrogen-bond acceptors (Lipinski definition) is 4. The zero-order chi connectivity index (χ0) is 16.1. The fourth-order valence-electron chi connectivity index (χ4n) is 2.87. The van der Waals surface area contributed by atoms with E-state index in [2.05, 4.69) is 34.3 Å². The summed E-state index contributed by atoms with van der Waals surface area (Å²) in [5.74, 6) is 0. The Morgan fingerprint density at radius 1 is 1.22 bits per heavy atom. The predicted molar refractivity (Wildman–Crippen MR) is 89.6 cm³/mol. The van der Waals surface area contributed by atoms with Gasteiger partial charge in [0.1, 0.15) is 6.10 Å². The molecule has 1 atom stereocenters. The maximum Gasteiger partial charge on any atom is 0.121 e. The molecule has 0 saturated carbocycles. The van der Waals surface area contributed by atoms with Crippen molar-refractivity contribution in [3.05, 3.63) is 59.4 Å². The third-order valence-electron chi connectivity index (χ3n) is 4.10. The van der Waals surface area contributed by atoms with Crippen molar-refractivity contribution in [1.82, 2.24) is 14.7 Å². The lowest BCUT2D eigenvalue weighted by atomic mass is 10.2. The van der Waals surface area contributed by atoms with E-state index in [4.69, 9.17) is 5.11 Å². The summed E-state index contributed by atoms with van der Waals surface area (Å²) < 4.78 is 1.95. The van der Waals surface area contributed by atoms with Gasteiger partial charge < -0.3 is 10.2 Å². The number of aromatic nitrogens is 2. The van der Waals surface area contributed by atoms with Crippen LogP contribution in [-0.2, 0) is 13.1 Å². The third kappa shape index (κ3) is 4.07. The summed E-state index contributed by atoms with van der Waals surface area (Å²) in [4.78, 5) is 2.37. The minimum absolute atomic E-state index is 0.292. The van der Waals surface area contributed by atoms with Crippen molar-refractivity contribution in [3.8, 4) is 0 Å². The van der Waals surface area contributed by atoms with E-state index < -0.39 is 6.10 Å². The Morgan fingerprint density at radius 2 is 2.04 bits per heavy atom. The molecule has 1 aliphatic rings. The molecule has 5 heteroatoms. The maximum absolute atomic E-state index is 9.73. The number of benzene rings is 1. The Kier molecular flexibility index (Phi) is 5.23. The van der Waals surface area contributed by atoms with Crippen LogP contribution in [0.4, 0.5) is 0 Å². The average Bonchev–Trinajstić information content (AvgIpc) is 2.88. The predicted octanol–water partition coefficient (Wildman–Crippen LogP) is 1.83. The fourth-order valence-corrected chi connectivity index (χ4v) is 2.87. The highest BCUT2D eigenvalue weighted by Gasteiger charge is 2.18. The summed E-state index contributed by atoms with van der Waals surface area (Å²) in [6.45, 7) is 3.29. The molecule has 0 fully saturated rings. The van der Waals surface area contributed by atoms with Crippen molar-refractivity contribution < 1.29 is 10.2 Å². The summed E-state index contributed by atoms with van der Waals surface area (Å²) in [5, 5.41) is 23.2. The number of fused-ring (bicyclic) bond motifs is 1. The Bertz CT molecular complexity index is 652. The number of rotatable bonds is 5. The van der Waals surface area contributed by atoms with Crippen molar-refractivity contribution in [2.45, 2.75) is 25.6 Å². The second-order valence-corrected chi connectivity index (χ2v) is 5.88. The molecule has 1 aliphatic heterocycles. The summed E-state index contributed by atoms with van der Waals surface area (Å²) in [6.07, 6.45) is 4.47. The molecular formula is C18H23N3O2. The Hall–Kier alpha value is -1.95. The summed E-state index contributed by atoms with van der Waals surface area (Å²) >= 11 is 0. The molecule has 23 heavy (non-hydrogen) atoms. The van der Waals surface area contributed by atoms with Gasteiger partial charge in [0, 0.05) is 26.2 Å². The van der Waals surface area contributed by atoms with Gasteiger partial charge in [-0.1, -0.05) is 42.5 Å². The Balaban J connectivity index is 1.64. The summed E-state index contributed by atoms with van der Waals surface area (Å²) in [5.41, 5.74) is 2.86. The highest BCUT2D eigenvalue weighted by atomic mass is 16.3. The standard InChI is InChI=1S/C18H23N3O2/c22-14-18(23)17-12-16-13-20(10-5-11-21(16)19-17)9-4-8-15-6-2-1-3-7-15/h1-4,6-8,12,18,22-23H,5,9-11,13-14H2. The molecule has 1 aromatic carbocycles. The van der Waals surface area contributed by atoms with Gasteiger partial charge in [-0.05, 0) is 18.1 Å². The smallest absolute Gasteiger partial charge is 0.121 e. The lowest BCUT2D eigenvalue weighted by Gasteiger charge is -2.17. The second-order valence-electron chi connectivity index (χ2n) is 5.88. The molecule has 0 amide bonds. The topological polar surface area (TPSA) is 61.5 Å². The van der Waals surface area contributed by atoms with Gasteiger partial charge in [0.2, 0.25) is 0 Å². The molecule has 2 aromatic rings. The molecule has 0 aliphatic carbocycles. The van der Waals surface area contributed by atoms with Crippen LogP contribution < -0.4 is 0 Å². The van der Waals surface area contributed by atoms with E-state index >= 15 is 0 Å². The lowest BCUT2D eigenvalue weighted by Crippen LogP contribution is -2.23. The molecule has 2 heterocycles. The van der Waals surface area contributed by atoms with Gasteiger partial charge in [0.25, 0.3) is 0 Å². The van der Waals surface area contributed by atoms with Crippen molar-refractivity contribution in [3.63, 3.8) is 0 Å². The second kappa shape index (κ2) is 7.55. The lowest BCUT2D eigenvalue weighted by molar-refractivity contribution is 0.0916. The van der Waals surface area contributed by atoms with E-state index in [0.717, 1.165) is 38.3 Å². The number of aliphatic hydroxyl groups excluding tert-OH is 2. The van der Waals surface area contributed by atoms with Crippen molar-refractivity contribution in [2.75, 3.05) is 19.7 Å². The number of aliphatic hydroxyl groups is 2. The van der Waals surface area contributed by atoms with Crippen LogP contribution in [0.2, 0.25) is 0 Å². The minimum Gasteiger partial charge on any atom is -0.393 e. The van der Waals surface area contributed by atoms with Gasteiger partial charge in [0.15, 0.2) is 0 Å². The van der Waals surface area contributed by atoms with Gasteiger partial charge in [-0.3, -0.25) is 9.58 Å². The van der Waals surface area contributed by atoms with Crippen molar-refractivity contribution in [1.29, 1.82) is 0 Å². The van der Waals surface area contributed by atoms with Crippen LogP contribution in [0.5, 0.6) is 0 Å². The SMILES string of the molecule is OCC(O)c1cc2n(n1)CCCN(CC=Cc1ccccc1)C2. The summed E-state index contributed by atoms with van der Waals surface area (Å²) in [7, 11) is 0. The molecule has 1 unspecified atom stereocenters. The highest BCUT2D eigenvalue weighted by Crippen LogP contribution is 2.18. The first kappa shape index (κ1) is 15.9. The highest BCUT2D eigenvalue weighted by molar-refractivity contribution is 5.48. The van der Waals surface area contributed by atoms with Crippen LogP contribution in [0, 0.1) is 0 Å². The molecule has 0 bridgehead atoms. The Morgan fingerprint density at radius 3 is 2.83 bits per heavy atom. The van der Waals surface area contributed by atoms with Crippen LogP contribution in [0.15, 0.2) is 42.5 Å². The monoisotopic (exact) mass is 313 g/mol. The fraction of sp³-hybridized carbons (Fsp3) is 0.389. The first-order chi connectivity index (χ1) is 11.3. The quantitative estimate of drug-likeness (QED) is 0.884. The molecule has 1 aromatic heterocycles. The van der Waals surface area contributed by atoms with Crippen molar-refractivity contribution >= 4 is 6.08 Å². The zero-order valence-electron chi connectivity index (χ0n) is 13.2. The van der Waals surface area contributed by atoms with E-state index in [0.29, 0.717) is 5.69 Å². The van der Waals surface area contributed by atoms with Gasteiger partial charge in [-0.15, -0.1) is 0 Å². The molecule has 3 rings (SSSR count). The summed E-state index contributed by atoms with van der Waals surface area (Å²) in [6, 6.07) is 12.2. The number of hydrogen-bond donors (Lipinski definition) is 2. The van der Waals surface area contributed by atoms with Gasteiger partial charge in [-0.25, -0.2) is 0 Å². The van der Waals surface area contributed by atoms with E-state index in [-0.39, 0.29) is 6.61 Å². The average molecular weight is 313 g/mol. The van der Waals surface area contributed by atoms with Gasteiger partial charge in [-0.2, -0.15) is 5.10 Å². The molecule has 5 nitrogen and oxygen atoms in total. The maximum atomic E-state index is 9.73. The van der Waals surface area contributed by atoms with E-state index in [1.54, 1.807) is 0 Å².